The first-order valence-electron chi connectivity index (χ1n) is 6.41. The Morgan fingerprint density at radius 3 is 2.78 bits per heavy atom. The standard InChI is InChI=1S/C13H22N2O3/c1-4-11(16)7-8-14-13(17)6-5-12-9(2)15-18-10(12)3/h11,16H,4-8H2,1-3H3,(H,14,17). The second-order valence-electron chi connectivity index (χ2n) is 4.50. The van der Waals surface area contributed by atoms with E-state index in [0.29, 0.717) is 25.8 Å². The van der Waals surface area contributed by atoms with Gasteiger partial charge in [0.25, 0.3) is 0 Å². The summed E-state index contributed by atoms with van der Waals surface area (Å²) < 4.78 is 5.04. The van der Waals surface area contributed by atoms with Crippen LogP contribution >= 0.6 is 0 Å². The van der Waals surface area contributed by atoms with E-state index in [0.717, 1.165) is 23.4 Å². The molecule has 0 aliphatic heterocycles. The third kappa shape index (κ3) is 4.49. The quantitative estimate of drug-likeness (QED) is 0.773. The van der Waals surface area contributed by atoms with Gasteiger partial charge in [0, 0.05) is 18.5 Å². The topological polar surface area (TPSA) is 75.4 Å². The molecule has 0 saturated carbocycles. The molecular weight excluding hydrogens is 232 g/mol. The van der Waals surface area contributed by atoms with E-state index in [1.54, 1.807) is 0 Å². The summed E-state index contributed by atoms with van der Waals surface area (Å²) in [6.45, 7) is 6.17. The summed E-state index contributed by atoms with van der Waals surface area (Å²) in [6, 6.07) is 0. The third-order valence-electron chi connectivity index (χ3n) is 3.05. The molecule has 1 rings (SSSR count). The Bertz CT molecular complexity index is 368. The van der Waals surface area contributed by atoms with Crippen LogP contribution in [0.2, 0.25) is 0 Å². The zero-order chi connectivity index (χ0) is 13.5. The van der Waals surface area contributed by atoms with Crippen LogP contribution in [0.1, 0.15) is 43.2 Å². The molecular formula is C13H22N2O3. The van der Waals surface area contributed by atoms with Crippen LogP contribution < -0.4 is 5.32 Å². The van der Waals surface area contributed by atoms with E-state index in [9.17, 15) is 9.90 Å². The van der Waals surface area contributed by atoms with Gasteiger partial charge in [0.15, 0.2) is 0 Å². The van der Waals surface area contributed by atoms with Crippen molar-refractivity contribution in [2.45, 2.75) is 52.6 Å². The minimum atomic E-state index is -0.326. The van der Waals surface area contributed by atoms with Gasteiger partial charge >= 0.3 is 0 Å². The highest BCUT2D eigenvalue weighted by Gasteiger charge is 2.11. The summed E-state index contributed by atoms with van der Waals surface area (Å²) in [5.41, 5.74) is 1.86. The van der Waals surface area contributed by atoms with Crippen molar-refractivity contribution in [1.29, 1.82) is 0 Å². The fourth-order valence-electron chi connectivity index (χ4n) is 1.77. The number of amides is 1. The van der Waals surface area contributed by atoms with E-state index in [1.165, 1.54) is 0 Å². The van der Waals surface area contributed by atoms with Crippen molar-refractivity contribution in [1.82, 2.24) is 10.5 Å². The van der Waals surface area contributed by atoms with Crippen molar-refractivity contribution in [2.75, 3.05) is 6.54 Å². The minimum absolute atomic E-state index is 0.00157. The van der Waals surface area contributed by atoms with Gasteiger partial charge in [-0.2, -0.15) is 0 Å². The van der Waals surface area contributed by atoms with E-state index in [2.05, 4.69) is 10.5 Å². The maximum atomic E-state index is 11.6. The Kier molecular flexibility index (Phi) is 5.85. The van der Waals surface area contributed by atoms with Crippen molar-refractivity contribution in [3.8, 4) is 0 Å². The summed E-state index contributed by atoms with van der Waals surface area (Å²) in [7, 11) is 0. The van der Waals surface area contributed by atoms with Gasteiger partial charge in [0.1, 0.15) is 5.76 Å². The summed E-state index contributed by atoms with van der Waals surface area (Å²) >= 11 is 0. The smallest absolute Gasteiger partial charge is 0.220 e. The second kappa shape index (κ2) is 7.16. The Morgan fingerprint density at radius 2 is 2.22 bits per heavy atom. The number of aliphatic hydroxyl groups is 1. The number of rotatable bonds is 7. The molecule has 1 aromatic heterocycles. The molecule has 102 valence electrons. The molecule has 18 heavy (non-hydrogen) atoms. The molecule has 0 fully saturated rings. The number of hydrogen-bond donors (Lipinski definition) is 2. The molecule has 1 aromatic rings. The van der Waals surface area contributed by atoms with Gasteiger partial charge in [-0.1, -0.05) is 12.1 Å². The lowest BCUT2D eigenvalue weighted by Gasteiger charge is -2.08. The Morgan fingerprint density at radius 1 is 1.50 bits per heavy atom. The van der Waals surface area contributed by atoms with Crippen LogP contribution in [-0.2, 0) is 11.2 Å². The van der Waals surface area contributed by atoms with Crippen LogP contribution in [0.15, 0.2) is 4.52 Å². The molecule has 0 saturated heterocycles. The molecule has 0 radical (unpaired) electrons. The monoisotopic (exact) mass is 254 g/mol. The number of nitrogens with one attached hydrogen (secondary N) is 1. The fraction of sp³-hybridized carbons (Fsp3) is 0.692. The number of nitrogens with zero attached hydrogens (tertiary/aromatic N) is 1. The fourth-order valence-corrected chi connectivity index (χ4v) is 1.77. The summed E-state index contributed by atoms with van der Waals surface area (Å²) in [5, 5.41) is 16.0. The maximum absolute atomic E-state index is 11.6. The number of hydrogen-bond acceptors (Lipinski definition) is 4. The normalized spacial score (nSPS) is 12.4. The minimum Gasteiger partial charge on any atom is -0.393 e. The van der Waals surface area contributed by atoms with Crippen molar-refractivity contribution in [3.63, 3.8) is 0 Å². The Balaban J connectivity index is 2.25. The molecule has 0 aliphatic carbocycles. The van der Waals surface area contributed by atoms with Crippen LogP contribution in [0.25, 0.3) is 0 Å². The lowest BCUT2D eigenvalue weighted by molar-refractivity contribution is -0.121. The van der Waals surface area contributed by atoms with Crippen LogP contribution in [-0.4, -0.2) is 28.8 Å². The maximum Gasteiger partial charge on any atom is 0.220 e. The highest BCUT2D eigenvalue weighted by molar-refractivity contribution is 5.76. The molecule has 5 heteroatoms. The lowest BCUT2D eigenvalue weighted by atomic mass is 10.1. The summed E-state index contributed by atoms with van der Waals surface area (Å²) in [4.78, 5) is 11.6. The first kappa shape index (κ1) is 14.7. The molecule has 0 aliphatic rings. The predicted molar refractivity (Wildman–Crippen MR) is 68.2 cm³/mol. The number of aryl methyl sites for hydroxylation is 2. The van der Waals surface area contributed by atoms with Crippen LogP contribution in [0.5, 0.6) is 0 Å². The average Bonchev–Trinajstić information content (AvgIpc) is 2.66. The van der Waals surface area contributed by atoms with Crippen LogP contribution in [0.4, 0.5) is 0 Å². The van der Waals surface area contributed by atoms with Gasteiger partial charge in [-0.05, 0) is 33.1 Å². The molecule has 1 amide bonds. The second-order valence-corrected chi connectivity index (χ2v) is 4.50. The molecule has 0 aromatic carbocycles. The Hall–Kier alpha value is -1.36. The zero-order valence-corrected chi connectivity index (χ0v) is 11.3. The predicted octanol–water partition coefficient (Wildman–Crippen LogP) is 1.50. The third-order valence-corrected chi connectivity index (χ3v) is 3.05. The first-order valence-corrected chi connectivity index (χ1v) is 6.41. The summed E-state index contributed by atoms with van der Waals surface area (Å²) in [5.74, 6) is 0.778. The van der Waals surface area contributed by atoms with E-state index in [-0.39, 0.29) is 12.0 Å². The molecule has 1 atom stereocenters. The van der Waals surface area contributed by atoms with Gasteiger partial charge in [-0.15, -0.1) is 0 Å². The largest absolute Gasteiger partial charge is 0.393 e. The lowest BCUT2D eigenvalue weighted by Crippen LogP contribution is -2.27. The van der Waals surface area contributed by atoms with Gasteiger partial charge in [0.05, 0.1) is 11.8 Å². The van der Waals surface area contributed by atoms with E-state index in [1.807, 2.05) is 20.8 Å². The number of aromatic nitrogens is 1. The van der Waals surface area contributed by atoms with Gasteiger partial charge < -0.3 is 14.9 Å². The molecule has 0 bridgehead atoms. The SMILES string of the molecule is CCC(O)CCNC(=O)CCc1c(C)noc1C. The molecule has 1 heterocycles. The molecule has 1 unspecified atom stereocenters. The first-order chi connectivity index (χ1) is 8.54. The average molecular weight is 254 g/mol. The van der Waals surface area contributed by atoms with E-state index >= 15 is 0 Å². The van der Waals surface area contributed by atoms with Gasteiger partial charge in [-0.25, -0.2) is 0 Å². The molecule has 5 nitrogen and oxygen atoms in total. The number of carbonyl (C=O) groups is 1. The number of aliphatic hydroxyl groups excluding tert-OH is 1. The molecule has 0 spiro atoms. The highest BCUT2D eigenvalue weighted by Crippen LogP contribution is 2.14. The van der Waals surface area contributed by atoms with Gasteiger partial charge in [-0.3, -0.25) is 4.79 Å². The van der Waals surface area contributed by atoms with Crippen LogP contribution in [0.3, 0.4) is 0 Å². The van der Waals surface area contributed by atoms with Crippen molar-refractivity contribution < 1.29 is 14.4 Å². The zero-order valence-electron chi connectivity index (χ0n) is 11.3. The van der Waals surface area contributed by atoms with E-state index < -0.39 is 0 Å². The van der Waals surface area contributed by atoms with Crippen molar-refractivity contribution >= 4 is 5.91 Å². The summed E-state index contributed by atoms with van der Waals surface area (Å²) in [6.07, 6.45) is 2.06. The van der Waals surface area contributed by atoms with E-state index in [4.69, 9.17) is 4.52 Å². The van der Waals surface area contributed by atoms with Crippen molar-refractivity contribution in [3.05, 3.63) is 17.0 Å². The molecule has 2 N–H and O–H groups in total. The number of carbonyl (C=O) groups excluding carboxylic acids is 1. The Labute approximate surface area is 108 Å². The van der Waals surface area contributed by atoms with Crippen LogP contribution in [0, 0.1) is 13.8 Å². The highest BCUT2D eigenvalue weighted by atomic mass is 16.5. The van der Waals surface area contributed by atoms with Crippen molar-refractivity contribution in [2.24, 2.45) is 0 Å². The van der Waals surface area contributed by atoms with Gasteiger partial charge in [0.2, 0.25) is 5.91 Å².